The van der Waals surface area contributed by atoms with Crippen LogP contribution in [0.1, 0.15) is 5.56 Å². The highest BCUT2D eigenvalue weighted by atomic mass is 32.2. The molecule has 0 saturated heterocycles. The van der Waals surface area contributed by atoms with Gasteiger partial charge in [-0.3, -0.25) is 4.79 Å². The highest BCUT2D eigenvalue weighted by molar-refractivity contribution is 7.89. The molecular weight excluding hydrogens is 378 g/mol. The molecule has 7 nitrogen and oxygen atoms in total. The Kier molecular flexibility index (Phi) is 5.02. The van der Waals surface area contributed by atoms with Gasteiger partial charge in [0, 0.05) is 5.69 Å². The first-order valence-corrected chi connectivity index (χ1v) is 9.19. The third kappa shape index (κ3) is 4.54. The van der Waals surface area contributed by atoms with Gasteiger partial charge in [0.25, 0.3) is 0 Å². The quantitative estimate of drug-likeness (QED) is 0.692. The van der Waals surface area contributed by atoms with E-state index in [-0.39, 0.29) is 22.7 Å². The molecule has 3 N–H and O–H groups in total. The molecule has 0 aliphatic carbocycles. The molecule has 2 aromatic carbocycles. The number of rotatable bonds is 5. The molecule has 1 aromatic heterocycles. The predicted octanol–water partition coefficient (Wildman–Crippen LogP) is 1.98. The maximum Gasteiger partial charge on any atom is 0.240 e. The van der Waals surface area contributed by atoms with Gasteiger partial charge in [-0.15, -0.1) is 0 Å². The van der Waals surface area contributed by atoms with Crippen molar-refractivity contribution in [2.75, 3.05) is 5.32 Å². The number of nitrogens with one attached hydrogen (secondary N) is 1. The van der Waals surface area contributed by atoms with Gasteiger partial charge in [0.1, 0.15) is 10.7 Å². The monoisotopic (exact) mass is 392 g/mol. The zero-order chi connectivity index (χ0) is 19.6. The Morgan fingerprint density at radius 3 is 2.41 bits per heavy atom. The SMILES string of the molecule is NS(=O)(=O)c1cc(NC(=O)Cc2ccc(F)cc2)ccc1-n1cc(F)cn1. The second kappa shape index (κ2) is 7.25. The Balaban J connectivity index is 1.86. The molecule has 0 saturated carbocycles. The van der Waals surface area contributed by atoms with Crippen LogP contribution in [0.15, 0.2) is 59.8 Å². The van der Waals surface area contributed by atoms with Gasteiger partial charge < -0.3 is 5.32 Å². The summed E-state index contributed by atoms with van der Waals surface area (Å²) in [6.45, 7) is 0. The molecule has 0 fully saturated rings. The molecule has 0 aliphatic heterocycles. The Hall–Kier alpha value is -3.11. The van der Waals surface area contributed by atoms with Crippen molar-refractivity contribution in [3.63, 3.8) is 0 Å². The minimum absolute atomic E-state index is 0.0306. The number of primary sulfonamides is 1. The summed E-state index contributed by atoms with van der Waals surface area (Å²) in [4.78, 5) is 11.8. The van der Waals surface area contributed by atoms with Crippen molar-refractivity contribution in [2.45, 2.75) is 11.3 Å². The Labute approximate surface area is 153 Å². The number of carbonyl (C=O) groups excluding carboxylic acids is 1. The molecule has 0 aliphatic rings. The topological polar surface area (TPSA) is 107 Å². The van der Waals surface area contributed by atoms with Gasteiger partial charge in [-0.25, -0.2) is 27.0 Å². The number of anilines is 1. The van der Waals surface area contributed by atoms with Crippen molar-refractivity contribution < 1.29 is 22.0 Å². The van der Waals surface area contributed by atoms with E-state index in [2.05, 4.69) is 10.4 Å². The first-order valence-electron chi connectivity index (χ1n) is 7.64. The molecule has 0 radical (unpaired) electrons. The van der Waals surface area contributed by atoms with E-state index in [0.717, 1.165) is 23.1 Å². The van der Waals surface area contributed by atoms with Crippen LogP contribution in [-0.2, 0) is 21.2 Å². The lowest BCUT2D eigenvalue weighted by Crippen LogP contribution is -2.18. The number of nitrogens with zero attached hydrogens (tertiary/aromatic N) is 2. The lowest BCUT2D eigenvalue weighted by Gasteiger charge is -2.11. The van der Waals surface area contributed by atoms with Gasteiger partial charge in [0.05, 0.1) is 24.5 Å². The van der Waals surface area contributed by atoms with Gasteiger partial charge in [0.2, 0.25) is 15.9 Å². The van der Waals surface area contributed by atoms with Crippen molar-refractivity contribution in [1.82, 2.24) is 9.78 Å². The summed E-state index contributed by atoms with van der Waals surface area (Å²) in [6, 6.07) is 9.36. The standard InChI is InChI=1S/C17H14F2N4O3S/c18-12-3-1-11(2-4-12)7-17(24)22-14-5-6-15(16(8-14)27(20,25)26)23-10-13(19)9-21-23/h1-6,8-10H,7H2,(H,22,24)(H2,20,25,26). The van der Waals surface area contributed by atoms with Gasteiger partial charge in [-0.1, -0.05) is 12.1 Å². The summed E-state index contributed by atoms with van der Waals surface area (Å²) in [5.74, 6) is -1.49. The van der Waals surface area contributed by atoms with Crippen LogP contribution in [0, 0.1) is 11.6 Å². The van der Waals surface area contributed by atoms with Crippen LogP contribution in [0.2, 0.25) is 0 Å². The van der Waals surface area contributed by atoms with Crippen molar-refractivity contribution in [2.24, 2.45) is 5.14 Å². The van der Waals surface area contributed by atoms with Crippen LogP contribution in [0.5, 0.6) is 0 Å². The number of hydrogen-bond acceptors (Lipinski definition) is 4. The number of sulfonamides is 1. The zero-order valence-electron chi connectivity index (χ0n) is 13.8. The first kappa shape index (κ1) is 18.7. The average Bonchev–Trinajstić information content (AvgIpc) is 3.02. The number of benzene rings is 2. The molecular formula is C17H14F2N4O3S. The lowest BCUT2D eigenvalue weighted by molar-refractivity contribution is -0.115. The van der Waals surface area contributed by atoms with Gasteiger partial charge >= 0.3 is 0 Å². The number of aromatic nitrogens is 2. The molecule has 10 heteroatoms. The number of amides is 1. The Bertz CT molecular complexity index is 1100. The lowest BCUT2D eigenvalue weighted by atomic mass is 10.1. The number of carbonyl (C=O) groups is 1. The van der Waals surface area contributed by atoms with E-state index in [1.165, 1.54) is 36.4 Å². The predicted molar refractivity (Wildman–Crippen MR) is 93.6 cm³/mol. The van der Waals surface area contributed by atoms with Crippen molar-refractivity contribution in [1.29, 1.82) is 0 Å². The molecule has 27 heavy (non-hydrogen) atoms. The van der Waals surface area contributed by atoms with E-state index in [0.29, 0.717) is 5.56 Å². The first-order chi connectivity index (χ1) is 12.7. The van der Waals surface area contributed by atoms with E-state index in [9.17, 15) is 22.0 Å². The van der Waals surface area contributed by atoms with Crippen molar-refractivity contribution in [3.05, 3.63) is 72.1 Å². The second-order valence-corrected chi connectivity index (χ2v) is 7.21. The van der Waals surface area contributed by atoms with Crippen LogP contribution >= 0.6 is 0 Å². The van der Waals surface area contributed by atoms with Crippen LogP contribution in [0.4, 0.5) is 14.5 Å². The Morgan fingerprint density at radius 1 is 1.11 bits per heavy atom. The zero-order valence-corrected chi connectivity index (χ0v) is 14.6. The van der Waals surface area contributed by atoms with Crippen molar-refractivity contribution in [3.8, 4) is 5.69 Å². The summed E-state index contributed by atoms with van der Waals surface area (Å²) < 4.78 is 50.9. The minimum Gasteiger partial charge on any atom is -0.326 e. The van der Waals surface area contributed by atoms with E-state index in [1.54, 1.807) is 0 Å². The van der Waals surface area contributed by atoms with Crippen LogP contribution in [0.25, 0.3) is 5.69 Å². The Morgan fingerprint density at radius 2 is 1.81 bits per heavy atom. The fourth-order valence-electron chi connectivity index (χ4n) is 2.43. The minimum atomic E-state index is -4.17. The van der Waals surface area contributed by atoms with Gasteiger partial charge in [-0.05, 0) is 35.9 Å². The maximum absolute atomic E-state index is 13.2. The third-order valence-electron chi connectivity index (χ3n) is 3.63. The summed E-state index contributed by atoms with van der Waals surface area (Å²) in [6.07, 6.45) is 1.89. The molecule has 1 heterocycles. The van der Waals surface area contributed by atoms with E-state index < -0.39 is 27.6 Å². The maximum atomic E-state index is 13.2. The van der Waals surface area contributed by atoms with Crippen molar-refractivity contribution >= 4 is 21.6 Å². The van der Waals surface area contributed by atoms with E-state index in [4.69, 9.17) is 5.14 Å². The van der Waals surface area contributed by atoms with Crippen LogP contribution in [0.3, 0.4) is 0 Å². The van der Waals surface area contributed by atoms with Crippen LogP contribution < -0.4 is 10.5 Å². The smallest absolute Gasteiger partial charge is 0.240 e. The highest BCUT2D eigenvalue weighted by Crippen LogP contribution is 2.23. The fraction of sp³-hybridized carbons (Fsp3) is 0.0588. The molecule has 0 unspecified atom stereocenters. The third-order valence-corrected chi connectivity index (χ3v) is 4.57. The molecule has 140 valence electrons. The summed E-state index contributed by atoms with van der Waals surface area (Å²) in [5, 5.41) is 11.5. The van der Waals surface area contributed by atoms with E-state index >= 15 is 0 Å². The molecule has 0 bridgehead atoms. The molecule has 1 amide bonds. The molecule has 3 rings (SSSR count). The largest absolute Gasteiger partial charge is 0.326 e. The second-order valence-electron chi connectivity index (χ2n) is 5.68. The summed E-state index contributed by atoms with van der Waals surface area (Å²) in [7, 11) is -4.17. The summed E-state index contributed by atoms with van der Waals surface area (Å²) >= 11 is 0. The highest BCUT2D eigenvalue weighted by Gasteiger charge is 2.18. The number of nitrogens with two attached hydrogens (primary N) is 1. The molecule has 0 atom stereocenters. The van der Waals surface area contributed by atoms with E-state index in [1.807, 2.05) is 0 Å². The summed E-state index contributed by atoms with van der Waals surface area (Å²) in [5.41, 5.74) is 0.810. The van der Waals surface area contributed by atoms with Gasteiger partial charge in [0.15, 0.2) is 5.82 Å². The normalized spacial score (nSPS) is 11.4. The fourth-order valence-corrected chi connectivity index (χ4v) is 3.18. The molecule has 0 spiro atoms. The average molecular weight is 392 g/mol. The number of halogens is 2. The van der Waals surface area contributed by atoms with Crippen LogP contribution in [-0.4, -0.2) is 24.1 Å². The van der Waals surface area contributed by atoms with Gasteiger partial charge in [-0.2, -0.15) is 5.10 Å². The molecule has 3 aromatic rings. The number of hydrogen-bond donors (Lipinski definition) is 2.